The van der Waals surface area contributed by atoms with Crippen molar-refractivity contribution in [3.05, 3.63) is 29.8 Å². The first-order chi connectivity index (χ1) is 9.06. The van der Waals surface area contributed by atoms with Crippen LogP contribution in [0.15, 0.2) is 24.3 Å². The van der Waals surface area contributed by atoms with Crippen LogP contribution in [0.2, 0.25) is 0 Å². The second kappa shape index (κ2) is 6.09. The first-order valence-corrected chi connectivity index (χ1v) is 7.08. The second-order valence-corrected chi connectivity index (χ2v) is 5.61. The molecule has 1 aliphatic heterocycles. The Morgan fingerprint density at radius 3 is 2.95 bits per heavy atom. The van der Waals surface area contributed by atoms with Gasteiger partial charge in [-0.3, -0.25) is 4.79 Å². The van der Waals surface area contributed by atoms with E-state index in [1.54, 1.807) is 0 Å². The molecule has 3 heteroatoms. The predicted molar refractivity (Wildman–Crippen MR) is 76.2 cm³/mol. The summed E-state index contributed by atoms with van der Waals surface area (Å²) in [5.74, 6) is 1.47. The third kappa shape index (κ3) is 3.72. The van der Waals surface area contributed by atoms with Gasteiger partial charge in [0.1, 0.15) is 5.75 Å². The number of rotatable bonds is 3. The lowest BCUT2D eigenvalue weighted by molar-refractivity contribution is -0.139. The molecule has 3 nitrogen and oxygen atoms in total. The average molecular weight is 261 g/mol. The highest BCUT2D eigenvalue weighted by Gasteiger charge is 2.25. The van der Waals surface area contributed by atoms with Gasteiger partial charge >= 0.3 is 0 Å². The van der Waals surface area contributed by atoms with E-state index in [0.717, 1.165) is 30.8 Å². The molecule has 0 saturated carbocycles. The van der Waals surface area contributed by atoms with Gasteiger partial charge in [0.05, 0.1) is 0 Å². The SMILES string of the molecule is Cc1cccc(O[C@H](C)C(=O)N2CCC[C@@H](C)C2)c1. The number of nitrogens with zero attached hydrogens (tertiary/aromatic N) is 1. The average Bonchev–Trinajstić information content (AvgIpc) is 2.38. The molecule has 1 aromatic carbocycles. The number of likely N-dealkylation sites (tertiary alicyclic amines) is 1. The van der Waals surface area contributed by atoms with Gasteiger partial charge in [-0.15, -0.1) is 0 Å². The molecule has 0 aromatic heterocycles. The van der Waals surface area contributed by atoms with Gasteiger partial charge in [0.15, 0.2) is 6.10 Å². The Morgan fingerprint density at radius 1 is 1.47 bits per heavy atom. The van der Waals surface area contributed by atoms with E-state index in [-0.39, 0.29) is 5.91 Å². The van der Waals surface area contributed by atoms with Gasteiger partial charge in [-0.1, -0.05) is 19.1 Å². The van der Waals surface area contributed by atoms with Crippen LogP contribution in [0.25, 0.3) is 0 Å². The zero-order valence-electron chi connectivity index (χ0n) is 12.1. The largest absolute Gasteiger partial charge is 0.481 e. The zero-order valence-corrected chi connectivity index (χ0v) is 12.1. The van der Waals surface area contributed by atoms with E-state index in [2.05, 4.69) is 6.92 Å². The maximum Gasteiger partial charge on any atom is 0.263 e. The first kappa shape index (κ1) is 13.9. The van der Waals surface area contributed by atoms with Gasteiger partial charge in [-0.05, 0) is 50.3 Å². The second-order valence-electron chi connectivity index (χ2n) is 5.61. The third-order valence-corrected chi connectivity index (χ3v) is 3.62. The highest BCUT2D eigenvalue weighted by molar-refractivity contribution is 5.81. The van der Waals surface area contributed by atoms with Gasteiger partial charge in [-0.2, -0.15) is 0 Å². The molecule has 0 N–H and O–H groups in total. The smallest absolute Gasteiger partial charge is 0.263 e. The Balaban J connectivity index is 1.95. The number of benzene rings is 1. The van der Waals surface area contributed by atoms with Gasteiger partial charge < -0.3 is 9.64 Å². The topological polar surface area (TPSA) is 29.5 Å². The fourth-order valence-corrected chi connectivity index (χ4v) is 2.59. The standard InChI is InChI=1S/C16H23NO2/c1-12-6-4-8-15(10-12)19-14(3)16(18)17-9-5-7-13(2)11-17/h4,6,8,10,13-14H,5,7,9,11H2,1-3H3/t13-,14-/m1/s1. The van der Waals surface area contributed by atoms with Crippen LogP contribution in [0.1, 0.15) is 32.3 Å². The van der Waals surface area contributed by atoms with Gasteiger partial charge in [0.2, 0.25) is 0 Å². The van der Waals surface area contributed by atoms with Gasteiger partial charge in [0, 0.05) is 13.1 Å². The summed E-state index contributed by atoms with van der Waals surface area (Å²) in [6.07, 6.45) is 1.91. The summed E-state index contributed by atoms with van der Waals surface area (Å²) in [6, 6.07) is 7.83. The minimum atomic E-state index is -0.410. The van der Waals surface area contributed by atoms with Crippen LogP contribution >= 0.6 is 0 Å². The normalized spacial score (nSPS) is 21.0. The van der Waals surface area contributed by atoms with Crippen LogP contribution in [0, 0.1) is 12.8 Å². The van der Waals surface area contributed by atoms with Gasteiger partial charge in [0.25, 0.3) is 5.91 Å². The zero-order chi connectivity index (χ0) is 13.8. The van der Waals surface area contributed by atoms with E-state index >= 15 is 0 Å². The summed E-state index contributed by atoms with van der Waals surface area (Å²) in [6.45, 7) is 7.78. The van der Waals surface area contributed by atoms with E-state index in [0.29, 0.717) is 5.92 Å². The summed E-state index contributed by atoms with van der Waals surface area (Å²) >= 11 is 0. The Hall–Kier alpha value is -1.51. The maximum absolute atomic E-state index is 12.3. The molecule has 0 aliphatic carbocycles. The van der Waals surface area contributed by atoms with Crippen molar-refractivity contribution < 1.29 is 9.53 Å². The molecule has 104 valence electrons. The van der Waals surface area contributed by atoms with Crippen molar-refractivity contribution in [2.75, 3.05) is 13.1 Å². The van der Waals surface area contributed by atoms with Crippen LogP contribution < -0.4 is 4.74 Å². The third-order valence-electron chi connectivity index (χ3n) is 3.62. The molecule has 2 rings (SSSR count). The van der Waals surface area contributed by atoms with Crippen LogP contribution in [0.5, 0.6) is 5.75 Å². The Labute approximate surface area is 115 Å². The minimum Gasteiger partial charge on any atom is -0.481 e. The number of carbonyl (C=O) groups is 1. The molecule has 1 fully saturated rings. The lowest BCUT2D eigenvalue weighted by Crippen LogP contribution is -2.45. The van der Waals surface area contributed by atoms with Crippen LogP contribution in [0.4, 0.5) is 0 Å². The lowest BCUT2D eigenvalue weighted by atomic mass is 10.00. The van der Waals surface area contributed by atoms with E-state index < -0.39 is 6.10 Å². The molecular weight excluding hydrogens is 238 g/mol. The number of hydrogen-bond acceptors (Lipinski definition) is 2. The Morgan fingerprint density at radius 2 is 2.26 bits per heavy atom. The van der Waals surface area contributed by atoms with Crippen molar-refractivity contribution in [1.82, 2.24) is 4.90 Å². The molecule has 0 unspecified atom stereocenters. The van der Waals surface area contributed by atoms with Crippen LogP contribution in [0.3, 0.4) is 0 Å². The number of carbonyl (C=O) groups excluding carboxylic acids is 1. The number of hydrogen-bond donors (Lipinski definition) is 0. The molecule has 2 atom stereocenters. The molecule has 0 radical (unpaired) electrons. The summed E-state index contributed by atoms with van der Waals surface area (Å²) in [4.78, 5) is 14.3. The van der Waals surface area contributed by atoms with Crippen LogP contribution in [-0.2, 0) is 4.79 Å². The quantitative estimate of drug-likeness (QED) is 0.837. The Bertz CT molecular complexity index is 444. The lowest BCUT2D eigenvalue weighted by Gasteiger charge is -2.32. The Kier molecular flexibility index (Phi) is 4.46. The van der Waals surface area contributed by atoms with Crippen molar-refractivity contribution in [3.63, 3.8) is 0 Å². The fraction of sp³-hybridized carbons (Fsp3) is 0.562. The number of amides is 1. The van der Waals surface area contributed by atoms with E-state index in [9.17, 15) is 4.79 Å². The molecule has 1 aromatic rings. The van der Waals surface area contributed by atoms with Crippen molar-refractivity contribution >= 4 is 5.91 Å². The molecule has 0 spiro atoms. The van der Waals surface area contributed by atoms with Crippen molar-refractivity contribution in [3.8, 4) is 5.75 Å². The summed E-state index contributed by atoms with van der Waals surface area (Å²) < 4.78 is 5.75. The van der Waals surface area contributed by atoms with Crippen molar-refractivity contribution in [2.24, 2.45) is 5.92 Å². The summed E-state index contributed by atoms with van der Waals surface area (Å²) in [5, 5.41) is 0. The molecule has 1 amide bonds. The molecule has 1 aliphatic rings. The van der Waals surface area contributed by atoms with Crippen LogP contribution in [-0.4, -0.2) is 30.0 Å². The van der Waals surface area contributed by atoms with E-state index in [4.69, 9.17) is 4.74 Å². The number of piperidine rings is 1. The molecule has 0 bridgehead atoms. The first-order valence-electron chi connectivity index (χ1n) is 7.08. The van der Waals surface area contributed by atoms with E-state index in [1.165, 1.54) is 6.42 Å². The monoisotopic (exact) mass is 261 g/mol. The summed E-state index contributed by atoms with van der Waals surface area (Å²) in [5.41, 5.74) is 1.14. The van der Waals surface area contributed by atoms with E-state index in [1.807, 2.05) is 43.0 Å². The highest BCUT2D eigenvalue weighted by Crippen LogP contribution is 2.19. The number of aryl methyl sites for hydroxylation is 1. The number of ether oxygens (including phenoxy) is 1. The predicted octanol–water partition coefficient (Wildman–Crippen LogP) is 3.02. The molecular formula is C16H23NO2. The highest BCUT2D eigenvalue weighted by atomic mass is 16.5. The molecule has 1 heterocycles. The molecule has 1 saturated heterocycles. The molecule has 19 heavy (non-hydrogen) atoms. The minimum absolute atomic E-state index is 0.105. The summed E-state index contributed by atoms with van der Waals surface area (Å²) in [7, 11) is 0. The van der Waals surface area contributed by atoms with Crippen molar-refractivity contribution in [2.45, 2.75) is 39.7 Å². The van der Waals surface area contributed by atoms with Crippen molar-refractivity contribution in [1.29, 1.82) is 0 Å². The maximum atomic E-state index is 12.3. The fourth-order valence-electron chi connectivity index (χ4n) is 2.59. The van der Waals surface area contributed by atoms with Gasteiger partial charge in [-0.25, -0.2) is 0 Å².